The van der Waals surface area contributed by atoms with Crippen LogP contribution in [0.15, 0.2) is 0 Å². The molecule has 7 heteroatoms. The lowest BCUT2D eigenvalue weighted by Crippen LogP contribution is -2.47. The molecule has 1 atom stereocenters. The molecule has 19 heavy (non-hydrogen) atoms. The Hall–Kier alpha value is -1.63. The Morgan fingerprint density at radius 2 is 2.11 bits per heavy atom. The zero-order valence-corrected chi connectivity index (χ0v) is 11.1. The molecule has 1 rings (SSSR count). The van der Waals surface area contributed by atoms with Crippen molar-refractivity contribution < 1.29 is 24.2 Å². The van der Waals surface area contributed by atoms with Crippen molar-refractivity contribution in [3.05, 3.63) is 0 Å². The van der Waals surface area contributed by atoms with Crippen LogP contribution in [-0.2, 0) is 14.3 Å². The van der Waals surface area contributed by atoms with Crippen molar-refractivity contribution in [1.82, 2.24) is 10.2 Å². The quantitative estimate of drug-likeness (QED) is 0.760. The van der Waals surface area contributed by atoms with Crippen LogP contribution >= 0.6 is 0 Å². The molecule has 1 aliphatic rings. The fourth-order valence-electron chi connectivity index (χ4n) is 2.21. The average molecular weight is 272 g/mol. The molecule has 1 unspecified atom stereocenters. The number of hydrogen-bond donors (Lipinski definition) is 2. The smallest absolute Gasteiger partial charge is 0.413 e. The van der Waals surface area contributed by atoms with Gasteiger partial charge in [-0.15, -0.1) is 0 Å². The fourth-order valence-corrected chi connectivity index (χ4v) is 2.21. The van der Waals surface area contributed by atoms with Gasteiger partial charge < -0.3 is 9.84 Å². The number of carbonyl (C=O) groups is 3. The van der Waals surface area contributed by atoms with Crippen LogP contribution < -0.4 is 5.32 Å². The molecule has 0 spiro atoms. The maximum Gasteiger partial charge on any atom is 0.413 e. The average Bonchev–Trinajstić information content (AvgIpc) is 2.31. The Kier molecular flexibility index (Phi) is 6.27. The van der Waals surface area contributed by atoms with Gasteiger partial charge in [0, 0.05) is 6.04 Å². The first-order valence-corrected chi connectivity index (χ1v) is 6.45. The summed E-state index contributed by atoms with van der Waals surface area (Å²) in [5, 5.41) is 10.9. The van der Waals surface area contributed by atoms with Crippen LogP contribution in [0.1, 0.15) is 32.6 Å². The first kappa shape index (κ1) is 15.4. The third-order valence-corrected chi connectivity index (χ3v) is 3.02. The van der Waals surface area contributed by atoms with Gasteiger partial charge in [-0.25, -0.2) is 4.79 Å². The lowest BCUT2D eigenvalue weighted by atomic mass is 9.99. The summed E-state index contributed by atoms with van der Waals surface area (Å²) in [7, 11) is 0. The Balaban J connectivity index is 2.45. The molecular weight excluding hydrogens is 252 g/mol. The molecule has 0 aromatic carbocycles. The summed E-state index contributed by atoms with van der Waals surface area (Å²) in [5.41, 5.74) is 0. The largest absolute Gasteiger partial charge is 0.481 e. The minimum absolute atomic E-state index is 0.0205. The number of nitrogens with zero attached hydrogens (tertiary/aromatic N) is 1. The third kappa shape index (κ3) is 5.69. The van der Waals surface area contributed by atoms with Crippen LogP contribution in [0.2, 0.25) is 0 Å². The van der Waals surface area contributed by atoms with E-state index in [4.69, 9.17) is 5.11 Å². The number of carbonyl (C=O) groups excluding carboxylic acids is 2. The van der Waals surface area contributed by atoms with Crippen molar-refractivity contribution in [2.75, 3.05) is 19.7 Å². The molecule has 0 aliphatic carbocycles. The van der Waals surface area contributed by atoms with Crippen molar-refractivity contribution in [3.63, 3.8) is 0 Å². The number of aliphatic carboxylic acids is 1. The van der Waals surface area contributed by atoms with Gasteiger partial charge in [0.15, 0.2) is 0 Å². The molecule has 0 saturated carbocycles. The van der Waals surface area contributed by atoms with Gasteiger partial charge in [0.05, 0.1) is 19.6 Å². The Bertz CT molecular complexity index is 345. The predicted octanol–water partition coefficient (Wildman–Crippen LogP) is 0.588. The number of rotatable bonds is 5. The molecule has 7 nitrogen and oxygen atoms in total. The molecule has 0 radical (unpaired) electrons. The van der Waals surface area contributed by atoms with E-state index in [9.17, 15) is 14.4 Å². The van der Waals surface area contributed by atoms with Gasteiger partial charge in [-0.3, -0.25) is 19.8 Å². The van der Waals surface area contributed by atoms with Crippen LogP contribution in [0.4, 0.5) is 4.79 Å². The lowest BCUT2D eigenvalue weighted by Gasteiger charge is -2.34. The minimum Gasteiger partial charge on any atom is -0.481 e. The zero-order valence-electron chi connectivity index (χ0n) is 11.1. The van der Waals surface area contributed by atoms with Crippen LogP contribution in [0.25, 0.3) is 0 Å². The number of amides is 2. The number of hydrogen-bond acceptors (Lipinski definition) is 5. The summed E-state index contributed by atoms with van der Waals surface area (Å²) in [4.78, 5) is 35.3. The first-order chi connectivity index (χ1) is 9.02. The number of piperidine rings is 1. The van der Waals surface area contributed by atoms with Crippen molar-refractivity contribution in [3.8, 4) is 0 Å². The van der Waals surface area contributed by atoms with E-state index in [0.29, 0.717) is 6.54 Å². The predicted molar refractivity (Wildman–Crippen MR) is 66.6 cm³/mol. The monoisotopic (exact) mass is 272 g/mol. The summed E-state index contributed by atoms with van der Waals surface area (Å²) in [6.07, 6.45) is 1.92. The van der Waals surface area contributed by atoms with E-state index in [2.05, 4.69) is 10.1 Å². The normalized spacial score (nSPS) is 19.7. The van der Waals surface area contributed by atoms with E-state index in [1.165, 1.54) is 0 Å². The molecule has 1 heterocycles. The second-order valence-corrected chi connectivity index (χ2v) is 4.49. The van der Waals surface area contributed by atoms with Crippen LogP contribution in [0.5, 0.6) is 0 Å². The molecule has 0 bridgehead atoms. The van der Waals surface area contributed by atoms with Gasteiger partial charge in [-0.2, -0.15) is 0 Å². The lowest BCUT2D eigenvalue weighted by molar-refractivity contribution is -0.139. The van der Waals surface area contributed by atoms with Gasteiger partial charge in [0.1, 0.15) is 0 Å². The maximum absolute atomic E-state index is 11.6. The molecule has 0 aromatic rings. The molecule has 2 amide bonds. The minimum atomic E-state index is -0.872. The van der Waals surface area contributed by atoms with E-state index >= 15 is 0 Å². The number of imide groups is 1. The topological polar surface area (TPSA) is 95.9 Å². The highest BCUT2D eigenvalue weighted by molar-refractivity contribution is 5.92. The van der Waals surface area contributed by atoms with Crippen LogP contribution in [-0.4, -0.2) is 53.7 Å². The summed E-state index contributed by atoms with van der Waals surface area (Å²) >= 11 is 0. The molecule has 1 saturated heterocycles. The molecule has 1 aliphatic heterocycles. The van der Waals surface area contributed by atoms with Crippen LogP contribution in [0.3, 0.4) is 0 Å². The van der Waals surface area contributed by atoms with E-state index < -0.39 is 18.0 Å². The number of carboxylic acid groups (broad SMARTS) is 1. The van der Waals surface area contributed by atoms with E-state index in [1.807, 2.05) is 4.90 Å². The highest BCUT2D eigenvalue weighted by Crippen LogP contribution is 2.19. The maximum atomic E-state index is 11.6. The van der Waals surface area contributed by atoms with E-state index in [0.717, 1.165) is 19.3 Å². The Morgan fingerprint density at radius 1 is 1.37 bits per heavy atom. The summed E-state index contributed by atoms with van der Waals surface area (Å²) < 4.78 is 4.61. The van der Waals surface area contributed by atoms with Crippen molar-refractivity contribution in [1.29, 1.82) is 0 Å². The van der Waals surface area contributed by atoms with Gasteiger partial charge >= 0.3 is 12.1 Å². The Labute approximate surface area is 111 Å². The third-order valence-electron chi connectivity index (χ3n) is 3.02. The highest BCUT2D eigenvalue weighted by Gasteiger charge is 2.26. The number of carboxylic acids is 1. The van der Waals surface area contributed by atoms with Crippen molar-refractivity contribution in [2.45, 2.75) is 38.6 Å². The van der Waals surface area contributed by atoms with Crippen molar-refractivity contribution >= 4 is 18.0 Å². The highest BCUT2D eigenvalue weighted by atomic mass is 16.5. The number of alkyl carbamates (subject to hydrolysis) is 1. The van der Waals surface area contributed by atoms with Crippen molar-refractivity contribution in [2.24, 2.45) is 0 Å². The van der Waals surface area contributed by atoms with Gasteiger partial charge in [-0.1, -0.05) is 6.42 Å². The van der Waals surface area contributed by atoms with E-state index in [1.54, 1.807) is 6.92 Å². The number of nitrogens with one attached hydrogen (secondary N) is 1. The SMILES string of the molecule is CCOC(=O)NC(=O)CN1CCCCC1CC(=O)O. The molecule has 0 aromatic heterocycles. The molecule has 108 valence electrons. The van der Waals surface area contributed by atoms with Gasteiger partial charge in [0.2, 0.25) is 5.91 Å². The summed E-state index contributed by atoms with van der Waals surface area (Å²) in [6, 6.07) is -0.140. The second-order valence-electron chi connectivity index (χ2n) is 4.49. The molecule has 1 fully saturated rings. The first-order valence-electron chi connectivity index (χ1n) is 6.45. The molecule has 2 N–H and O–H groups in total. The molecular formula is C12H20N2O5. The summed E-state index contributed by atoms with van der Waals surface area (Å²) in [5.74, 6) is -1.33. The van der Waals surface area contributed by atoms with Gasteiger partial charge in [0.25, 0.3) is 0 Å². The number of likely N-dealkylation sites (tertiary alicyclic amines) is 1. The summed E-state index contributed by atoms with van der Waals surface area (Å²) in [6.45, 7) is 2.55. The number of ether oxygens (including phenoxy) is 1. The zero-order chi connectivity index (χ0) is 14.3. The second kappa shape index (κ2) is 7.73. The Morgan fingerprint density at radius 3 is 2.74 bits per heavy atom. The van der Waals surface area contributed by atoms with Gasteiger partial charge in [-0.05, 0) is 26.3 Å². The standard InChI is InChI=1S/C12H20N2O5/c1-2-19-12(18)13-10(15)8-14-6-4-3-5-9(14)7-11(16)17/h9H,2-8H2,1H3,(H,16,17)(H,13,15,18). The fraction of sp³-hybridized carbons (Fsp3) is 0.750. The van der Waals surface area contributed by atoms with E-state index in [-0.39, 0.29) is 25.6 Å². The van der Waals surface area contributed by atoms with Crippen LogP contribution in [0, 0.1) is 0 Å².